The Kier molecular flexibility index (Phi) is 4.74. The van der Waals surface area contributed by atoms with Crippen molar-refractivity contribution in [1.82, 2.24) is 0 Å². The zero-order valence-corrected chi connectivity index (χ0v) is 16.8. The number of hydrogen-bond acceptors (Lipinski definition) is 2. The third-order valence-electron chi connectivity index (χ3n) is 4.77. The van der Waals surface area contributed by atoms with Gasteiger partial charge in [0, 0.05) is 15.3 Å². The second-order valence-corrected chi connectivity index (χ2v) is 9.05. The van der Waals surface area contributed by atoms with E-state index in [1.54, 1.807) is 0 Å². The van der Waals surface area contributed by atoms with Crippen molar-refractivity contribution in [2.45, 2.75) is 9.10 Å². The molecule has 0 bridgehead atoms. The zero-order valence-electron chi connectivity index (χ0n) is 15.2. The molecule has 0 amide bonds. The van der Waals surface area contributed by atoms with Gasteiger partial charge in [0.25, 0.3) is 0 Å². The van der Waals surface area contributed by atoms with Crippen LogP contribution in [0.1, 0.15) is 0 Å². The van der Waals surface area contributed by atoms with Gasteiger partial charge in [-0.3, -0.25) is 0 Å². The van der Waals surface area contributed by atoms with Crippen LogP contribution in [0.2, 0.25) is 0 Å². The van der Waals surface area contributed by atoms with Crippen molar-refractivity contribution < 1.29 is 0 Å². The number of thiophene rings is 1. The van der Waals surface area contributed by atoms with Gasteiger partial charge in [-0.15, -0.1) is 11.3 Å². The molecule has 2 heteroatoms. The molecule has 0 atom stereocenters. The third kappa shape index (κ3) is 3.49. The molecule has 0 saturated carbocycles. The lowest BCUT2D eigenvalue weighted by Crippen LogP contribution is -1.76. The topological polar surface area (TPSA) is 0 Å². The van der Waals surface area contributed by atoms with Crippen LogP contribution in [0.25, 0.3) is 32.3 Å². The van der Waals surface area contributed by atoms with Crippen molar-refractivity contribution in [2.24, 2.45) is 0 Å². The van der Waals surface area contributed by atoms with E-state index in [9.17, 15) is 0 Å². The summed E-state index contributed by atoms with van der Waals surface area (Å²) in [4.78, 5) is 2.58. The highest BCUT2D eigenvalue weighted by molar-refractivity contribution is 8.01. The van der Waals surface area contributed by atoms with Gasteiger partial charge < -0.3 is 0 Å². The lowest BCUT2D eigenvalue weighted by Gasteiger charge is -2.03. The van der Waals surface area contributed by atoms with Gasteiger partial charge in [0.2, 0.25) is 0 Å². The third-order valence-corrected chi connectivity index (χ3v) is 7.16. The molecule has 0 N–H and O–H groups in total. The fourth-order valence-electron chi connectivity index (χ4n) is 3.35. The van der Waals surface area contributed by atoms with Gasteiger partial charge >= 0.3 is 0 Å². The quantitative estimate of drug-likeness (QED) is 0.295. The lowest BCUT2D eigenvalue weighted by molar-refractivity contribution is 1.46. The summed E-state index contributed by atoms with van der Waals surface area (Å²) in [7, 11) is 0. The van der Waals surface area contributed by atoms with Crippen LogP contribution in [0.4, 0.5) is 0 Å². The predicted octanol–water partition coefficient (Wildman–Crippen LogP) is 8.39. The van der Waals surface area contributed by atoms with Crippen molar-refractivity contribution in [3.05, 3.63) is 109 Å². The van der Waals surface area contributed by atoms with E-state index >= 15 is 0 Å². The smallest absolute Gasteiger partial charge is 0.0731 e. The molecule has 0 aliphatic carbocycles. The van der Waals surface area contributed by atoms with Crippen molar-refractivity contribution >= 4 is 33.9 Å². The van der Waals surface area contributed by atoms with Crippen LogP contribution in [0.15, 0.2) is 118 Å². The Hall–Kier alpha value is -2.81. The molecule has 28 heavy (non-hydrogen) atoms. The Morgan fingerprint density at radius 3 is 2.00 bits per heavy atom. The molecular weight excluding hydrogens is 376 g/mol. The van der Waals surface area contributed by atoms with E-state index in [0.29, 0.717) is 0 Å². The molecule has 4 aromatic carbocycles. The second-order valence-electron chi connectivity index (χ2n) is 6.65. The van der Waals surface area contributed by atoms with E-state index in [1.807, 2.05) is 23.1 Å². The molecule has 0 saturated heterocycles. The van der Waals surface area contributed by atoms with E-state index in [4.69, 9.17) is 0 Å². The van der Waals surface area contributed by atoms with Crippen molar-refractivity contribution in [3.63, 3.8) is 0 Å². The molecule has 5 rings (SSSR count). The largest absolute Gasteiger partial charge is 0.128 e. The summed E-state index contributed by atoms with van der Waals surface area (Å²) in [5, 5.41) is 2.57. The molecule has 0 aliphatic rings. The van der Waals surface area contributed by atoms with Crippen LogP contribution in [-0.2, 0) is 0 Å². The fourth-order valence-corrected chi connectivity index (χ4v) is 5.78. The Labute approximate surface area is 173 Å². The van der Waals surface area contributed by atoms with Crippen LogP contribution < -0.4 is 0 Å². The maximum Gasteiger partial charge on any atom is 0.0731 e. The molecule has 134 valence electrons. The van der Waals surface area contributed by atoms with E-state index in [0.717, 1.165) is 0 Å². The number of rotatable bonds is 4. The SMILES string of the molecule is c1ccc(Sc2sc(-c3ccc4ccccc4c3)cc2-c2ccccc2)cc1. The Morgan fingerprint density at radius 2 is 1.21 bits per heavy atom. The van der Waals surface area contributed by atoms with Gasteiger partial charge in [-0.25, -0.2) is 0 Å². The fraction of sp³-hybridized carbons (Fsp3) is 0. The first-order valence-corrected chi connectivity index (χ1v) is 10.9. The average Bonchev–Trinajstić information content (AvgIpc) is 3.18. The Morgan fingerprint density at radius 1 is 0.536 bits per heavy atom. The van der Waals surface area contributed by atoms with Gasteiger partial charge in [-0.1, -0.05) is 96.7 Å². The van der Waals surface area contributed by atoms with Crippen LogP contribution >= 0.6 is 23.1 Å². The summed E-state index contributed by atoms with van der Waals surface area (Å²) in [5.74, 6) is 0. The summed E-state index contributed by atoms with van der Waals surface area (Å²) in [6, 6.07) is 38.9. The number of hydrogen-bond donors (Lipinski definition) is 0. The first-order valence-electron chi connectivity index (χ1n) is 9.28. The van der Waals surface area contributed by atoms with Crippen LogP contribution in [0.5, 0.6) is 0 Å². The predicted molar refractivity (Wildman–Crippen MR) is 123 cm³/mol. The summed E-state index contributed by atoms with van der Waals surface area (Å²) >= 11 is 3.72. The first-order chi connectivity index (χ1) is 13.9. The number of benzene rings is 4. The molecule has 1 heterocycles. The molecule has 5 aromatic rings. The number of fused-ring (bicyclic) bond motifs is 1. The first kappa shape index (κ1) is 17.3. The summed E-state index contributed by atoms with van der Waals surface area (Å²) in [5.41, 5.74) is 3.85. The Bertz CT molecular complexity index is 1220. The highest BCUT2D eigenvalue weighted by atomic mass is 32.2. The standard InChI is InChI=1S/C26H18S2/c1-3-10-20(11-4-1)24-18-25(28-26(24)27-23-13-5-2-6-14-23)22-16-15-19-9-7-8-12-21(19)17-22/h1-18H. The summed E-state index contributed by atoms with van der Waals surface area (Å²) in [6.45, 7) is 0. The summed E-state index contributed by atoms with van der Waals surface area (Å²) in [6.07, 6.45) is 0. The monoisotopic (exact) mass is 394 g/mol. The highest BCUT2D eigenvalue weighted by Gasteiger charge is 2.14. The maximum absolute atomic E-state index is 2.34. The van der Waals surface area contributed by atoms with Crippen molar-refractivity contribution in [1.29, 1.82) is 0 Å². The minimum atomic E-state index is 1.27. The molecule has 0 fully saturated rings. The molecule has 0 nitrogen and oxygen atoms in total. The molecule has 0 radical (unpaired) electrons. The highest BCUT2D eigenvalue weighted by Crippen LogP contribution is 2.45. The minimum absolute atomic E-state index is 1.27. The van der Waals surface area contributed by atoms with Gasteiger partial charge in [-0.05, 0) is 46.2 Å². The van der Waals surface area contributed by atoms with E-state index in [-0.39, 0.29) is 0 Å². The van der Waals surface area contributed by atoms with Gasteiger partial charge in [-0.2, -0.15) is 0 Å². The van der Waals surface area contributed by atoms with Crippen LogP contribution in [-0.4, -0.2) is 0 Å². The molecule has 1 aromatic heterocycles. The average molecular weight is 395 g/mol. The van der Waals surface area contributed by atoms with Crippen molar-refractivity contribution in [3.8, 4) is 21.6 Å². The van der Waals surface area contributed by atoms with E-state index in [2.05, 4.69) is 109 Å². The van der Waals surface area contributed by atoms with E-state index < -0.39 is 0 Å². The van der Waals surface area contributed by atoms with Gasteiger partial charge in [0.1, 0.15) is 0 Å². The van der Waals surface area contributed by atoms with E-state index in [1.165, 1.54) is 41.4 Å². The zero-order chi connectivity index (χ0) is 18.8. The van der Waals surface area contributed by atoms with Gasteiger partial charge in [0.15, 0.2) is 0 Å². The molecule has 0 aliphatic heterocycles. The Balaban J connectivity index is 1.62. The summed E-state index contributed by atoms with van der Waals surface area (Å²) < 4.78 is 1.33. The van der Waals surface area contributed by atoms with Crippen LogP contribution in [0, 0.1) is 0 Å². The second kappa shape index (κ2) is 7.67. The lowest BCUT2D eigenvalue weighted by atomic mass is 10.0. The van der Waals surface area contributed by atoms with Crippen molar-refractivity contribution in [2.75, 3.05) is 0 Å². The minimum Gasteiger partial charge on any atom is -0.128 e. The molecular formula is C26H18S2. The van der Waals surface area contributed by atoms with Gasteiger partial charge in [0.05, 0.1) is 4.21 Å². The molecule has 0 unspecified atom stereocenters. The maximum atomic E-state index is 2.34. The normalized spacial score (nSPS) is 11.0. The van der Waals surface area contributed by atoms with Crippen LogP contribution in [0.3, 0.4) is 0 Å². The molecule has 0 spiro atoms.